The van der Waals surface area contributed by atoms with Gasteiger partial charge < -0.3 is 10.4 Å². The molecule has 1 atom stereocenters. The van der Waals surface area contributed by atoms with Crippen molar-refractivity contribution in [3.05, 3.63) is 0 Å². The fourth-order valence-electron chi connectivity index (χ4n) is 1.63. The fourth-order valence-corrected chi connectivity index (χ4v) is 1.63. The normalized spacial score (nSPS) is 12.0. The number of amides is 2. The molecule has 0 aromatic heterocycles. The summed E-state index contributed by atoms with van der Waals surface area (Å²) in [6, 6.07) is -0.597. The zero-order valence-electron chi connectivity index (χ0n) is 11.8. The Hall–Kier alpha value is -1.72. The number of nitrogens with one attached hydrogen (secondary N) is 1. The SMILES string of the molecule is C=[N+](C)C(=O)[C@H](CC(C)C)NC(=O)CCCC(=O)O. The summed E-state index contributed by atoms with van der Waals surface area (Å²) < 4.78 is 1.20. The predicted molar refractivity (Wildman–Crippen MR) is 71.2 cm³/mol. The highest BCUT2D eigenvalue weighted by Gasteiger charge is 2.27. The van der Waals surface area contributed by atoms with Gasteiger partial charge in [-0.2, -0.15) is 4.58 Å². The molecule has 0 aliphatic carbocycles. The lowest BCUT2D eigenvalue weighted by Crippen LogP contribution is -2.45. The summed E-state index contributed by atoms with van der Waals surface area (Å²) in [7, 11) is 1.53. The molecule has 0 aliphatic heterocycles. The minimum atomic E-state index is -0.930. The van der Waals surface area contributed by atoms with Crippen LogP contribution in [0.1, 0.15) is 39.5 Å². The van der Waals surface area contributed by atoms with Gasteiger partial charge in [0.2, 0.25) is 5.91 Å². The largest absolute Gasteiger partial charge is 0.481 e. The molecule has 19 heavy (non-hydrogen) atoms. The highest BCUT2D eigenvalue weighted by molar-refractivity contribution is 5.84. The zero-order valence-corrected chi connectivity index (χ0v) is 11.8. The third kappa shape index (κ3) is 8.07. The lowest BCUT2D eigenvalue weighted by molar-refractivity contribution is -0.412. The predicted octanol–water partition coefficient (Wildman–Crippen LogP) is 0.642. The molecule has 0 rings (SSSR count). The first kappa shape index (κ1) is 17.3. The van der Waals surface area contributed by atoms with Gasteiger partial charge in [-0.1, -0.05) is 13.8 Å². The van der Waals surface area contributed by atoms with Crippen LogP contribution in [0, 0.1) is 5.92 Å². The smallest absolute Gasteiger partial charge is 0.408 e. The van der Waals surface area contributed by atoms with Crippen molar-refractivity contribution >= 4 is 24.5 Å². The second kappa shape index (κ2) is 8.39. The van der Waals surface area contributed by atoms with Gasteiger partial charge in [-0.25, -0.2) is 4.79 Å². The van der Waals surface area contributed by atoms with Gasteiger partial charge in [0.05, 0.1) is 0 Å². The van der Waals surface area contributed by atoms with Crippen molar-refractivity contribution in [2.45, 2.75) is 45.6 Å². The third-order valence-electron chi connectivity index (χ3n) is 2.51. The molecule has 0 radical (unpaired) electrons. The number of carboxylic acid groups (broad SMARTS) is 1. The molecule has 0 spiro atoms. The van der Waals surface area contributed by atoms with Gasteiger partial charge >= 0.3 is 11.9 Å². The first-order chi connectivity index (χ1) is 8.73. The maximum atomic E-state index is 11.9. The Balaban J connectivity index is 4.39. The highest BCUT2D eigenvalue weighted by Crippen LogP contribution is 2.07. The number of rotatable bonds is 8. The maximum absolute atomic E-state index is 11.9. The summed E-state index contributed by atoms with van der Waals surface area (Å²) in [5, 5.41) is 11.1. The van der Waals surface area contributed by atoms with E-state index in [1.165, 1.54) is 11.6 Å². The summed E-state index contributed by atoms with van der Waals surface area (Å²) in [5.41, 5.74) is 0. The quantitative estimate of drug-likeness (QED) is 0.501. The van der Waals surface area contributed by atoms with Crippen LogP contribution in [0.5, 0.6) is 0 Å². The Morgan fingerprint density at radius 1 is 1.26 bits per heavy atom. The van der Waals surface area contributed by atoms with Crippen LogP contribution in [0.15, 0.2) is 0 Å². The van der Waals surface area contributed by atoms with Crippen molar-refractivity contribution < 1.29 is 24.1 Å². The van der Waals surface area contributed by atoms with Crippen LogP contribution in [0.2, 0.25) is 0 Å². The van der Waals surface area contributed by atoms with Crippen LogP contribution in [-0.4, -0.2) is 47.3 Å². The minimum absolute atomic E-state index is 0.0501. The molecule has 0 unspecified atom stereocenters. The fraction of sp³-hybridized carbons (Fsp3) is 0.692. The summed E-state index contributed by atoms with van der Waals surface area (Å²) in [5.74, 6) is -1.23. The molecule has 2 amide bonds. The Labute approximate surface area is 113 Å². The molecule has 6 nitrogen and oxygen atoms in total. The van der Waals surface area contributed by atoms with Crippen molar-refractivity contribution in [3.63, 3.8) is 0 Å². The van der Waals surface area contributed by atoms with E-state index < -0.39 is 12.0 Å². The molecule has 6 heteroatoms. The number of likely N-dealkylation sites (N-methyl/N-ethyl adjacent to an activating group) is 1. The Morgan fingerprint density at radius 2 is 1.84 bits per heavy atom. The van der Waals surface area contributed by atoms with Gasteiger partial charge in [0.1, 0.15) is 13.8 Å². The van der Waals surface area contributed by atoms with E-state index in [2.05, 4.69) is 12.0 Å². The van der Waals surface area contributed by atoms with E-state index >= 15 is 0 Å². The molecule has 0 saturated heterocycles. The van der Waals surface area contributed by atoms with E-state index in [9.17, 15) is 14.4 Å². The molecule has 0 aromatic rings. The van der Waals surface area contributed by atoms with Crippen LogP contribution >= 0.6 is 0 Å². The third-order valence-corrected chi connectivity index (χ3v) is 2.51. The van der Waals surface area contributed by atoms with Gasteiger partial charge in [0.25, 0.3) is 0 Å². The molecule has 0 aromatic carbocycles. The summed E-state index contributed by atoms with van der Waals surface area (Å²) in [6.07, 6.45) is 0.855. The van der Waals surface area contributed by atoms with Gasteiger partial charge in [-0.15, -0.1) is 0 Å². The van der Waals surface area contributed by atoms with Crippen molar-refractivity contribution in [2.24, 2.45) is 5.92 Å². The van der Waals surface area contributed by atoms with Crippen molar-refractivity contribution in [2.75, 3.05) is 7.05 Å². The lowest BCUT2D eigenvalue weighted by atomic mass is 10.0. The number of hydrogen-bond donors (Lipinski definition) is 2. The van der Waals surface area contributed by atoms with Crippen molar-refractivity contribution in [1.29, 1.82) is 0 Å². The van der Waals surface area contributed by atoms with E-state index in [-0.39, 0.29) is 37.0 Å². The Bertz CT molecular complexity index is 364. The van der Waals surface area contributed by atoms with Crippen molar-refractivity contribution in [1.82, 2.24) is 5.32 Å². The zero-order chi connectivity index (χ0) is 15.0. The first-order valence-corrected chi connectivity index (χ1v) is 6.33. The summed E-state index contributed by atoms with van der Waals surface area (Å²) in [6.45, 7) is 7.43. The molecule has 2 N–H and O–H groups in total. The van der Waals surface area contributed by atoms with Gasteiger partial charge in [0.15, 0.2) is 6.04 Å². The van der Waals surface area contributed by atoms with E-state index in [1.807, 2.05) is 13.8 Å². The van der Waals surface area contributed by atoms with Crippen LogP contribution in [0.3, 0.4) is 0 Å². The number of carbonyl (C=O) groups is 3. The van der Waals surface area contributed by atoms with Gasteiger partial charge in [-0.3, -0.25) is 9.59 Å². The van der Waals surface area contributed by atoms with E-state index in [0.717, 1.165) is 0 Å². The molecule has 108 valence electrons. The molecule has 0 fully saturated rings. The number of carbonyl (C=O) groups excluding carboxylic acids is 2. The monoisotopic (exact) mass is 271 g/mol. The minimum Gasteiger partial charge on any atom is -0.481 e. The molecule has 0 aliphatic rings. The average Bonchev–Trinajstić information content (AvgIpc) is 2.25. The molecule has 0 bridgehead atoms. The first-order valence-electron chi connectivity index (χ1n) is 6.33. The molecule has 0 saturated carbocycles. The molecular weight excluding hydrogens is 248 g/mol. The summed E-state index contributed by atoms with van der Waals surface area (Å²) >= 11 is 0. The lowest BCUT2D eigenvalue weighted by Gasteiger charge is -2.16. The van der Waals surface area contributed by atoms with Crippen LogP contribution in [0.4, 0.5) is 0 Å². The highest BCUT2D eigenvalue weighted by atomic mass is 16.4. The standard InChI is InChI=1S/C13H22N2O4/c1-9(2)8-10(13(19)15(3)4)14-11(16)6-5-7-12(17)18/h9-10H,3,5-8H2,1-2,4H3,(H-,14,16,17,18)/p+1/t10-/m0/s1. The van der Waals surface area contributed by atoms with Crippen molar-refractivity contribution in [3.8, 4) is 0 Å². The van der Waals surface area contributed by atoms with Crippen LogP contribution < -0.4 is 5.32 Å². The van der Waals surface area contributed by atoms with Crippen LogP contribution in [0.25, 0.3) is 0 Å². The average molecular weight is 271 g/mol. The van der Waals surface area contributed by atoms with Gasteiger partial charge in [0, 0.05) is 12.8 Å². The summed E-state index contributed by atoms with van der Waals surface area (Å²) in [4.78, 5) is 33.8. The Morgan fingerprint density at radius 3 is 2.26 bits per heavy atom. The van der Waals surface area contributed by atoms with E-state index in [1.54, 1.807) is 0 Å². The van der Waals surface area contributed by atoms with E-state index in [4.69, 9.17) is 5.11 Å². The number of nitrogens with zero attached hydrogens (tertiary/aromatic N) is 1. The van der Waals surface area contributed by atoms with E-state index in [0.29, 0.717) is 6.42 Å². The second-order valence-electron chi connectivity index (χ2n) is 5.03. The number of aliphatic carboxylic acids is 1. The number of carboxylic acids is 1. The second-order valence-corrected chi connectivity index (χ2v) is 5.03. The topological polar surface area (TPSA) is 86.5 Å². The Kier molecular flexibility index (Phi) is 7.63. The maximum Gasteiger partial charge on any atom is 0.408 e. The molecule has 0 heterocycles. The van der Waals surface area contributed by atoms with Gasteiger partial charge in [-0.05, 0) is 18.8 Å². The van der Waals surface area contributed by atoms with Crippen LogP contribution in [-0.2, 0) is 14.4 Å². The molecular formula is C13H23N2O4+. The number of hydrogen-bond acceptors (Lipinski definition) is 3.